The third kappa shape index (κ3) is 7.39. The number of hydrogen-bond acceptors (Lipinski definition) is 4. The molecule has 0 heterocycles. The number of benzene rings is 1. The van der Waals surface area contributed by atoms with Crippen LogP contribution >= 0.6 is 11.8 Å². The molecule has 3 N–H and O–H groups in total. The maximum absolute atomic E-state index is 11.9. The molecule has 0 fully saturated rings. The van der Waals surface area contributed by atoms with Gasteiger partial charge in [-0.25, -0.2) is 0 Å². The van der Waals surface area contributed by atoms with Gasteiger partial charge < -0.3 is 16.0 Å². The van der Waals surface area contributed by atoms with Crippen LogP contribution in [0, 0.1) is 0 Å². The largest absolute Gasteiger partial charge is 0.399 e. The van der Waals surface area contributed by atoms with Gasteiger partial charge in [0.25, 0.3) is 0 Å². The number of hydrogen-bond donors (Lipinski definition) is 2. The Labute approximate surface area is 132 Å². The number of nitrogens with two attached hydrogens (primary N) is 1. The fourth-order valence-electron chi connectivity index (χ4n) is 2.06. The van der Waals surface area contributed by atoms with Crippen molar-refractivity contribution in [1.82, 2.24) is 4.90 Å². The molecule has 1 aromatic carbocycles. The lowest BCUT2D eigenvalue weighted by molar-refractivity contribution is -0.116. The zero-order valence-electron chi connectivity index (χ0n) is 13.3. The van der Waals surface area contributed by atoms with Crippen LogP contribution in [0.5, 0.6) is 0 Å². The number of amides is 1. The molecule has 1 rings (SSSR count). The first-order valence-electron chi connectivity index (χ1n) is 7.37. The first-order valence-corrected chi connectivity index (χ1v) is 8.77. The Morgan fingerprint density at radius 2 is 2.24 bits per heavy atom. The van der Waals surface area contributed by atoms with Crippen molar-refractivity contribution < 1.29 is 4.79 Å². The molecule has 0 bridgehead atoms. The predicted octanol–water partition coefficient (Wildman–Crippen LogP) is 3.06. The Balaban J connectivity index is 2.24. The van der Waals surface area contributed by atoms with Crippen molar-refractivity contribution in [3.05, 3.63) is 24.3 Å². The minimum atomic E-state index is 0.0470. The number of nitrogens with zero attached hydrogens (tertiary/aromatic N) is 1. The molecule has 4 nitrogen and oxygen atoms in total. The number of nitrogen functional groups attached to an aromatic ring is 1. The van der Waals surface area contributed by atoms with Gasteiger partial charge in [0.05, 0.1) is 0 Å². The topological polar surface area (TPSA) is 58.4 Å². The van der Waals surface area contributed by atoms with E-state index in [2.05, 4.69) is 30.4 Å². The highest BCUT2D eigenvalue weighted by Crippen LogP contribution is 2.12. The highest BCUT2D eigenvalue weighted by Gasteiger charge is 2.09. The van der Waals surface area contributed by atoms with Crippen molar-refractivity contribution in [3.8, 4) is 0 Å². The summed E-state index contributed by atoms with van der Waals surface area (Å²) in [6.07, 6.45) is 4.73. The summed E-state index contributed by atoms with van der Waals surface area (Å²) in [5.41, 5.74) is 7.12. The molecule has 1 atom stereocenters. The molecular formula is C16H27N3OS. The Kier molecular flexibility index (Phi) is 8.23. The van der Waals surface area contributed by atoms with Crippen molar-refractivity contribution in [2.45, 2.75) is 32.2 Å². The number of carbonyl (C=O) groups is 1. The van der Waals surface area contributed by atoms with E-state index >= 15 is 0 Å². The van der Waals surface area contributed by atoms with Crippen LogP contribution in [0.25, 0.3) is 0 Å². The van der Waals surface area contributed by atoms with Crippen molar-refractivity contribution in [2.75, 3.05) is 36.7 Å². The summed E-state index contributed by atoms with van der Waals surface area (Å²) in [6, 6.07) is 7.83. The van der Waals surface area contributed by atoms with Gasteiger partial charge in [-0.1, -0.05) is 6.07 Å². The van der Waals surface area contributed by atoms with Crippen molar-refractivity contribution >= 4 is 29.0 Å². The monoisotopic (exact) mass is 309 g/mol. The second-order valence-corrected chi connectivity index (χ2v) is 6.37. The summed E-state index contributed by atoms with van der Waals surface area (Å²) in [4.78, 5) is 14.2. The molecule has 0 aliphatic rings. The van der Waals surface area contributed by atoms with E-state index in [1.54, 1.807) is 12.1 Å². The van der Waals surface area contributed by atoms with Crippen LogP contribution < -0.4 is 11.1 Å². The molecule has 0 saturated heterocycles. The lowest BCUT2D eigenvalue weighted by Crippen LogP contribution is -2.31. The van der Waals surface area contributed by atoms with Gasteiger partial charge >= 0.3 is 0 Å². The van der Waals surface area contributed by atoms with E-state index in [0.717, 1.165) is 18.7 Å². The minimum absolute atomic E-state index is 0.0470. The summed E-state index contributed by atoms with van der Waals surface area (Å²) < 4.78 is 0. The third-order valence-electron chi connectivity index (χ3n) is 3.58. The Morgan fingerprint density at radius 3 is 2.90 bits per heavy atom. The smallest absolute Gasteiger partial charge is 0.224 e. The van der Waals surface area contributed by atoms with Gasteiger partial charge in [-0.2, -0.15) is 11.8 Å². The quantitative estimate of drug-likeness (QED) is 0.688. The molecule has 0 spiro atoms. The molecule has 0 radical (unpaired) electrons. The molecule has 1 amide bonds. The lowest BCUT2D eigenvalue weighted by atomic mass is 10.2. The van der Waals surface area contributed by atoms with Gasteiger partial charge in [-0.05, 0) is 63.6 Å². The summed E-state index contributed by atoms with van der Waals surface area (Å²) in [5, 5.41) is 2.88. The first kappa shape index (κ1) is 17.9. The van der Waals surface area contributed by atoms with Gasteiger partial charge in [0.15, 0.2) is 0 Å². The molecule has 118 valence electrons. The average Bonchev–Trinajstić information content (AvgIpc) is 2.44. The second kappa shape index (κ2) is 9.68. The zero-order valence-corrected chi connectivity index (χ0v) is 14.1. The fourth-order valence-corrected chi connectivity index (χ4v) is 2.63. The molecule has 0 saturated carbocycles. The van der Waals surface area contributed by atoms with Gasteiger partial charge in [0, 0.05) is 23.8 Å². The van der Waals surface area contributed by atoms with Gasteiger partial charge in [0.1, 0.15) is 0 Å². The van der Waals surface area contributed by atoms with Crippen molar-refractivity contribution in [3.63, 3.8) is 0 Å². The SMILES string of the molecule is CSCCC(C)N(C)CCCC(=O)Nc1cccc(N)c1. The molecule has 5 heteroatoms. The average molecular weight is 309 g/mol. The maximum Gasteiger partial charge on any atom is 0.224 e. The molecule has 0 aliphatic carbocycles. The molecule has 0 aromatic heterocycles. The number of rotatable bonds is 9. The fraction of sp³-hybridized carbons (Fsp3) is 0.562. The molecular weight excluding hydrogens is 282 g/mol. The van der Waals surface area contributed by atoms with Crippen LogP contribution in [0.2, 0.25) is 0 Å². The lowest BCUT2D eigenvalue weighted by Gasteiger charge is -2.24. The van der Waals surface area contributed by atoms with E-state index in [1.807, 2.05) is 23.9 Å². The molecule has 1 unspecified atom stereocenters. The van der Waals surface area contributed by atoms with E-state index in [4.69, 9.17) is 5.73 Å². The van der Waals surface area contributed by atoms with Crippen LogP contribution in [-0.4, -0.2) is 42.4 Å². The van der Waals surface area contributed by atoms with E-state index in [0.29, 0.717) is 18.2 Å². The summed E-state index contributed by atoms with van der Waals surface area (Å²) >= 11 is 1.88. The highest BCUT2D eigenvalue weighted by molar-refractivity contribution is 7.98. The minimum Gasteiger partial charge on any atom is -0.399 e. The van der Waals surface area contributed by atoms with E-state index < -0.39 is 0 Å². The number of nitrogens with one attached hydrogen (secondary N) is 1. The first-order chi connectivity index (χ1) is 10.0. The number of thioether (sulfide) groups is 1. The maximum atomic E-state index is 11.9. The van der Waals surface area contributed by atoms with Crippen LogP contribution in [0.4, 0.5) is 11.4 Å². The van der Waals surface area contributed by atoms with E-state index in [9.17, 15) is 4.79 Å². The zero-order chi connectivity index (χ0) is 15.7. The van der Waals surface area contributed by atoms with Crippen molar-refractivity contribution in [2.24, 2.45) is 0 Å². The summed E-state index contributed by atoms with van der Waals surface area (Å²) in [5.74, 6) is 1.23. The second-order valence-electron chi connectivity index (χ2n) is 5.39. The normalized spacial score (nSPS) is 12.4. The Bertz CT molecular complexity index is 439. The van der Waals surface area contributed by atoms with Gasteiger partial charge in [0.2, 0.25) is 5.91 Å². The standard InChI is InChI=1S/C16H27N3OS/c1-13(9-11-21-3)19(2)10-5-8-16(20)18-15-7-4-6-14(17)12-15/h4,6-7,12-13H,5,8-11,17H2,1-3H3,(H,18,20). The Hall–Kier alpha value is -1.20. The Morgan fingerprint density at radius 1 is 1.48 bits per heavy atom. The van der Waals surface area contributed by atoms with E-state index in [1.165, 1.54) is 12.2 Å². The highest BCUT2D eigenvalue weighted by atomic mass is 32.2. The number of carbonyl (C=O) groups excluding carboxylic acids is 1. The molecule has 0 aliphatic heterocycles. The van der Waals surface area contributed by atoms with Crippen LogP contribution in [-0.2, 0) is 4.79 Å². The third-order valence-corrected chi connectivity index (χ3v) is 4.22. The summed E-state index contributed by atoms with van der Waals surface area (Å²) in [7, 11) is 2.13. The van der Waals surface area contributed by atoms with Gasteiger partial charge in [-0.15, -0.1) is 0 Å². The molecule has 21 heavy (non-hydrogen) atoms. The van der Waals surface area contributed by atoms with Crippen molar-refractivity contribution in [1.29, 1.82) is 0 Å². The predicted molar refractivity (Wildman–Crippen MR) is 93.8 cm³/mol. The van der Waals surface area contributed by atoms with E-state index in [-0.39, 0.29) is 5.91 Å². The number of anilines is 2. The summed E-state index contributed by atoms with van der Waals surface area (Å²) in [6.45, 7) is 3.18. The molecule has 1 aromatic rings. The van der Waals surface area contributed by atoms with Crippen LogP contribution in [0.1, 0.15) is 26.2 Å². The van der Waals surface area contributed by atoms with Crippen LogP contribution in [0.15, 0.2) is 24.3 Å². The van der Waals surface area contributed by atoms with Gasteiger partial charge in [-0.3, -0.25) is 4.79 Å². The van der Waals surface area contributed by atoms with Crippen LogP contribution in [0.3, 0.4) is 0 Å².